The number of methoxy groups -OCH3 is 1. The van der Waals surface area contributed by atoms with Gasteiger partial charge in [-0.25, -0.2) is 4.79 Å². The molecular formula is C15H24ClNO4. The number of esters is 1. The molecule has 0 aliphatic rings. The van der Waals surface area contributed by atoms with Crippen LogP contribution in [0.4, 0.5) is 0 Å². The molecule has 0 bridgehead atoms. The minimum Gasteiger partial charge on any atom is -1.00 e. The molecule has 0 radical (unpaired) electrons. The molecule has 0 amide bonds. The van der Waals surface area contributed by atoms with Gasteiger partial charge in [0.25, 0.3) is 0 Å². The smallest absolute Gasteiger partial charge is 0.344 e. The highest BCUT2D eigenvalue weighted by atomic mass is 35.5. The van der Waals surface area contributed by atoms with E-state index in [0.717, 1.165) is 25.4 Å². The van der Waals surface area contributed by atoms with E-state index in [4.69, 9.17) is 14.2 Å². The van der Waals surface area contributed by atoms with E-state index < -0.39 is 0 Å². The van der Waals surface area contributed by atoms with Crippen molar-refractivity contribution in [2.45, 2.75) is 13.8 Å². The fraction of sp³-hybridized carbons (Fsp3) is 0.533. The Morgan fingerprint density at radius 2 is 1.67 bits per heavy atom. The molecular weight excluding hydrogens is 294 g/mol. The van der Waals surface area contributed by atoms with E-state index in [1.807, 2.05) is 0 Å². The predicted octanol–water partition coefficient (Wildman–Crippen LogP) is -2.45. The average molecular weight is 318 g/mol. The highest BCUT2D eigenvalue weighted by Crippen LogP contribution is 2.16. The first kappa shape index (κ1) is 19.5. The molecule has 0 aliphatic heterocycles. The zero-order valence-electron chi connectivity index (χ0n) is 12.9. The van der Waals surface area contributed by atoms with Crippen molar-refractivity contribution in [3.05, 3.63) is 24.3 Å². The van der Waals surface area contributed by atoms with Crippen LogP contribution in [-0.2, 0) is 9.53 Å². The molecule has 1 rings (SSSR count). The topological polar surface area (TPSA) is 49.2 Å². The summed E-state index contributed by atoms with van der Waals surface area (Å²) in [4.78, 5) is 12.9. The molecule has 1 aromatic carbocycles. The van der Waals surface area contributed by atoms with Gasteiger partial charge in [0.05, 0.1) is 20.2 Å². The Morgan fingerprint density at radius 3 is 2.19 bits per heavy atom. The lowest BCUT2D eigenvalue weighted by molar-refractivity contribution is -0.896. The van der Waals surface area contributed by atoms with Crippen molar-refractivity contribution in [1.82, 2.24) is 0 Å². The first-order chi connectivity index (χ1) is 9.69. The Morgan fingerprint density at radius 1 is 1.10 bits per heavy atom. The summed E-state index contributed by atoms with van der Waals surface area (Å²) < 4.78 is 15.5. The summed E-state index contributed by atoms with van der Waals surface area (Å²) >= 11 is 0. The molecule has 0 aromatic heterocycles. The van der Waals surface area contributed by atoms with E-state index in [1.165, 1.54) is 4.90 Å². The molecule has 1 N–H and O–H groups in total. The van der Waals surface area contributed by atoms with E-state index in [0.29, 0.717) is 12.4 Å². The first-order valence-corrected chi connectivity index (χ1v) is 6.95. The number of hydrogen-bond donors (Lipinski definition) is 1. The van der Waals surface area contributed by atoms with Gasteiger partial charge < -0.3 is 31.5 Å². The van der Waals surface area contributed by atoms with Crippen molar-refractivity contribution >= 4 is 5.97 Å². The maximum atomic E-state index is 11.5. The van der Waals surface area contributed by atoms with Crippen LogP contribution in [0, 0.1) is 0 Å². The van der Waals surface area contributed by atoms with Crippen LogP contribution in [0.15, 0.2) is 24.3 Å². The molecule has 6 heteroatoms. The van der Waals surface area contributed by atoms with Crippen LogP contribution in [0.1, 0.15) is 13.8 Å². The number of halogens is 1. The average Bonchev–Trinajstić information content (AvgIpc) is 2.50. The van der Waals surface area contributed by atoms with Crippen molar-refractivity contribution in [1.29, 1.82) is 0 Å². The molecule has 0 fully saturated rings. The quantitative estimate of drug-likeness (QED) is 0.514. The second-order valence-corrected chi connectivity index (χ2v) is 4.39. The Hall–Kier alpha value is -1.46. The van der Waals surface area contributed by atoms with Crippen LogP contribution < -0.4 is 26.8 Å². The van der Waals surface area contributed by atoms with Gasteiger partial charge in [0, 0.05) is 0 Å². The standard InChI is InChI=1S/C15H23NO4.ClH/c1-4-16(5-2)10-11-19-15(17)12-20-14-8-6-13(18-3)7-9-14;/h6-9H,4-5,10-12H2,1-3H3;1H. The van der Waals surface area contributed by atoms with Crippen LogP contribution >= 0.6 is 0 Å². The van der Waals surface area contributed by atoms with Gasteiger partial charge in [0.15, 0.2) is 6.61 Å². The van der Waals surface area contributed by atoms with E-state index in [2.05, 4.69) is 13.8 Å². The third-order valence-corrected chi connectivity index (χ3v) is 3.13. The van der Waals surface area contributed by atoms with E-state index in [9.17, 15) is 4.79 Å². The number of ether oxygens (including phenoxy) is 3. The van der Waals surface area contributed by atoms with Crippen molar-refractivity contribution < 1.29 is 36.3 Å². The molecule has 0 saturated carbocycles. The number of benzene rings is 1. The minimum absolute atomic E-state index is 0. The third-order valence-electron chi connectivity index (χ3n) is 3.13. The van der Waals surface area contributed by atoms with Gasteiger partial charge in [-0.15, -0.1) is 0 Å². The number of rotatable bonds is 9. The number of quaternary nitrogens is 1. The van der Waals surface area contributed by atoms with Gasteiger partial charge in [-0.3, -0.25) is 0 Å². The molecule has 120 valence electrons. The molecule has 0 aliphatic carbocycles. The summed E-state index contributed by atoms with van der Waals surface area (Å²) in [6, 6.07) is 7.08. The lowest BCUT2D eigenvalue weighted by Crippen LogP contribution is -3.11. The number of hydrogen-bond acceptors (Lipinski definition) is 4. The Balaban J connectivity index is 0.00000400. The van der Waals surface area contributed by atoms with Gasteiger partial charge in [-0.2, -0.15) is 0 Å². The van der Waals surface area contributed by atoms with Gasteiger partial charge in [0.2, 0.25) is 0 Å². The summed E-state index contributed by atoms with van der Waals surface area (Å²) in [5, 5.41) is 0. The van der Waals surface area contributed by atoms with Crippen molar-refractivity contribution in [2.24, 2.45) is 0 Å². The maximum Gasteiger partial charge on any atom is 0.344 e. The maximum absolute atomic E-state index is 11.5. The van der Waals surface area contributed by atoms with Crippen LogP contribution in [0.5, 0.6) is 11.5 Å². The van der Waals surface area contributed by atoms with Gasteiger partial charge >= 0.3 is 5.97 Å². The van der Waals surface area contributed by atoms with Crippen LogP contribution in [0.3, 0.4) is 0 Å². The molecule has 1 aromatic rings. The number of carbonyl (C=O) groups excluding carboxylic acids is 1. The highest BCUT2D eigenvalue weighted by Gasteiger charge is 2.07. The molecule has 0 heterocycles. The second-order valence-electron chi connectivity index (χ2n) is 4.39. The van der Waals surface area contributed by atoms with Crippen LogP contribution in [0.25, 0.3) is 0 Å². The van der Waals surface area contributed by atoms with Gasteiger partial charge in [-0.1, -0.05) is 0 Å². The summed E-state index contributed by atoms with van der Waals surface area (Å²) in [5.41, 5.74) is 0. The minimum atomic E-state index is -0.340. The number of likely N-dealkylation sites (N-methyl/N-ethyl adjacent to an activating group) is 1. The number of nitrogens with one attached hydrogen (secondary N) is 1. The van der Waals surface area contributed by atoms with Gasteiger partial charge in [-0.05, 0) is 38.1 Å². The SMILES string of the molecule is CC[NH+](CC)CCOC(=O)COc1ccc(OC)cc1.[Cl-]. The number of carbonyl (C=O) groups is 1. The van der Waals surface area contributed by atoms with Crippen LogP contribution in [0.2, 0.25) is 0 Å². The highest BCUT2D eigenvalue weighted by molar-refractivity contribution is 5.71. The zero-order valence-corrected chi connectivity index (χ0v) is 13.6. The Bertz CT molecular complexity index is 393. The monoisotopic (exact) mass is 317 g/mol. The van der Waals surface area contributed by atoms with Crippen molar-refractivity contribution in [2.75, 3.05) is 40.0 Å². The first-order valence-electron chi connectivity index (χ1n) is 6.95. The fourth-order valence-electron chi connectivity index (χ4n) is 1.77. The summed E-state index contributed by atoms with van der Waals surface area (Å²) in [6.45, 7) is 7.51. The summed E-state index contributed by atoms with van der Waals surface area (Å²) in [6.07, 6.45) is 0. The summed E-state index contributed by atoms with van der Waals surface area (Å²) in [5.74, 6) is 1.03. The molecule has 0 spiro atoms. The molecule has 0 saturated heterocycles. The van der Waals surface area contributed by atoms with Crippen molar-refractivity contribution in [3.63, 3.8) is 0 Å². The van der Waals surface area contributed by atoms with E-state index >= 15 is 0 Å². The van der Waals surface area contributed by atoms with Crippen LogP contribution in [-0.4, -0.2) is 45.9 Å². The fourth-order valence-corrected chi connectivity index (χ4v) is 1.77. The zero-order chi connectivity index (χ0) is 14.8. The van der Waals surface area contributed by atoms with Crippen molar-refractivity contribution in [3.8, 4) is 11.5 Å². The normalized spacial score (nSPS) is 9.90. The largest absolute Gasteiger partial charge is 1.00 e. The lowest BCUT2D eigenvalue weighted by Gasteiger charge is -2.15. The van der Waals surface area contributed by atoms with Gasteiger partial charge in [0.1, 0.15) is 24.7 Å². The van der Waals surface area contributed by atoms with E-state index in [1.54, 1.807) is 31.4 Å². The van der Waals surface area contributed by atoms with E-state index in [-0.39, 0.29) is 25.0 Å². The third kappa shape index (κ3) is 7.78. The Kier molecular flexibility index (Phi) is 10.4. The molecule has 21 heavy (non-hydrogen) atoms. The Labute approximate surface area is 132 Å². The lowest BCUT2D eigenvalue weighted by atomic mass is 10.3. The molecule has 0 unspecified atom stereocenters. The molecule has 5 nitrogen and oxygen atoms in total. The predicted molar refractivity (Wildman–Crippen MR) is 76.4 cm³/mol. The molecule has 0 atom stereocenters. The summed E-state index contributed by atoms with van der Waals surface area (Å²) in [7, 11) is 1.60. The second kappa shape index (κ2) is 11.2.